The van der Waals surface area contributed by atoms with Gasteiger partial charge in [-0.15, -0.1) is 0 Å². The molecule has 0 aliphatic carbocycles. The molecule has 6 heteroatoms. The second-order valence-electron chi connectivity index (χ2n) is 5.10. The van der Waals surface area contributed by atoms with Crippen LogP contribution in [-0.2, 0) is 11.3 Å². The molecule has 1 atom stereocenters. The SMILES string of the molecule is CCOC1CCCN(Cc2ccc(N)c([N+](=O)[O-])c2)C1. The van der Waals surface area contributed by atoms with Crippen LogP contribution in [0.2, 0.25) is 0 Å². The number of likely N-dealkylation sites (tertiary alicyclic amines) is 1. The minimum Gasteiger partial charge on any atom is -0.393 e. The third kappa shape index (κ3) is 3.68. The van der Waals surface area contributed by atoms with Gasteiger partial charge in [0.1, 0.15) is 5.69 Å². The van der Waals surface area contributed by atoms with Crippen molar-refractivity contribution in [1.82, 2.24) is 4.90 Å². The van der Waals surface area contributed by atoms with E-state index < -0.39 is 4.92 Å². The Morgan fingerprint density at radius 3 is 3.05 bits per heavy atom. The average molecular weight is 279 g/mol. The van der Waals surface area contributed by atoms with Crippen LogP contribution in [0.5, 0.6) is 0 Å². The van der Waals surface area contributed by atoms with Gasteiger partial charge in [0.15, 0.2) is 0 Å². The molecule has 1 saturated heterocycles. The number of nitrogens with zero attached hydrogens (tertiary/aromatic N) is 2. The number of nitro groups is 1. The molecule has 0 bridgehead atoms. The fourth-order valence-electron chi connectivity index (χ4n) is 2.63. The molecule has 1 aliphatic rings. The highest BCUT2D eigenvalue weighted by atomic mass is 16.6. The van der Waals surface area contributed by atoms with E-state index in [-0.39, 0.29) is 17.5 Å². The van der Waals surface area contributed by atoms with Crippen molar-refractivity contribution in [2.75, 3.05) is 25.4 Å². The summed E-state index contributed by atoms with van der Waals surface area (Å²) < 4.78 is 5.66. The molecular weight excluding hydrogens is 258 g/mol. The first-order chi connectivity index (χ1) is 9.60. The van der Waals surface area contributed by atoms with Crippen molar-refractivity contribution < 1.29 is 9.66 Å². The van der Waals surface area contributed by atoms with Crippen molar-refractivity contribution in [1.29, 1.82) is 0 Å². The lowest BCUT2D eigenvalue weighted by molar-refractivity contribution is -0.384. The molecule has 1 aromatic carbocycles. The molecule has 0 aromatic heterocycles. The van der Waals surface area contributed by atoms with Crippen molar-refractivity contribution in [2.24, 2.45) is 0 Å². The minimum atomic E-state index is -0.433. The maximum atomic E-state index is 10.9. The summed E-state index contributed by atoms with van der Waals surface area (Å²) in [7, 11) is 0. The van der Waals surface area contributed by atoms with Gasteiger partial charge in [0.05, 0.1) is 11.0 Å². The van der Waals surface area contributed by atoms with Crippen molar-refractivity contribution in [3.05, 3.63) is 33.9 Å². The minimum absolute atomic E-state index is 0.0131. The number of ether oxygens (including phenoxy) is 1. The normalized spacial score (nSPS) is 19.9. The van der Waals surface area contributed by atoms with Gasteiger partial charge < -0.3 is 10.5 Å². The molecule has 0 saturated carbocycles. The molecule has 1 heterocycles. The fraction of sp³-hybridized carbons (Fsp3) is 0.571. The van der Waals surface area contributed by atoms with Gasteiger partial charge in [-0.05, 0) is 37.9 Å². The van der Waals surface area contributed by atoms with Gasteiger partial charge in [0, 0.05) is 25.8 Å². The number of nitrogens with two attached hydrogens (primary N) is 1. The Labute approximate surface area is 118 Å². The molecule has 1 aromatic rings. The molecule has 20 heavy (non-hydrogen) atoms. The Balaban J connectivity index is 2.02. The Bertz CT molecular complexity index is 477. The number of nitro benzene ring substituents is 1. The zero-order chi connectivity index (χ0) is 14.5. The summed E-state index contributed by atoms with van der Waals surface area (Å²) in [6.45, 7) is 5.31. The number of hydrogen-bond acceptors (Lipinski definition) is 5. The first-order valence-electron chi connectivity index (χ1n) is 6.97. The number of rotatable bonds is 5. The van der Waals surface area contributed by atoms with Crippen molar-refractivity contribution in [2.45, 2.75) is 32.4 Å². The van der Waals surface area contributed by atoms with Gasteiger partial charge in [0.2, 0.25) is 0 Å². The van der Waals surface area contributed by atoms with Crippen LogP contribution in [0.4, 0.5) is 11.4 Å². The van der Waals surface area contributed by atoms with Gasteiger partial charge >= 0.3 is 0 Å². The van der Waals surface area contributed by atoms with Crippen LogP contribution < -0.4 is 5.73 Å². The number of hydrogen-bond donors (Lipinski definition) is 1. The lowest BCUT2D eigenvalue weighted by atomic mass is 10.1. The first-order valence-corrected chi connectivity index (χ1v) is 6.97. The van der Waals surface area contributed by atoms with E-state index in [1.807, 2.05) is 13.0 Å². The Morgan fingerprint density at radius 1 is 1.55 bits per heavy atom. The molecule has 2 rings (SSSR count). The standard InChI is InChI=1S/C14H21N3O3/c1-2-20-12-4-3-7-16(10-12)9-11-5-6-13(15)14(8-11)17(18)19/h5-6,8,12H,2-4,7,9-10,15H2,1H3. The number of benzene rings is 1. The van der Waals surface area contributed by atoms with Crippen molar-refractivity contribution >= 4 is 11.4 Å². The van der Waals surface area contributed by atoms with Crippen LogP contribution in [0.15, 0.2) is 18.2 Å². The van der Waals surface area contributed by atoms with Crippen LogP contribution in [0.25, 0.3) is 0 Å². The predicted octanol–water partition coefficient (Wildman–Crippen LogP) is 2.18. The zero-order valence-electron chi connectivity index (χ0n) is 11.7. The molecular formula is C14H21N3O3. The van der Waals surface area contributed by atoms with E-state index in [2.05, 4.69) is 4.90 Å². The van der Waals surface area contributed by atoms with Crippen molar-refractivity contribution in [3.8, 4) is 0 Å². The summed E-state index contributed by atoms with van der Waals surface area (Å²) in [4.78, 5) is 12.7. The van der Waals surface area contributed by atoms with Crippen LogP contribution >= 0.6 is 0 Å². The van der Waals surface area contributed by atoms with Crippen LogP contribution in [0.1, 0.15) is 25.3 Å². The van der Waals surface area contributed by atoms with E-state index in [1.54, 1.807) is 12.1 Å². The third-order valence-corrected chi connectivity index (χ3v) is 3.56. The van der Waals surface area contributed by atoms with Gasteiger partial charge in [-0.1, -0.05) is 6.07 Å². The topological polar surface area (TPSA) is 81.6 Å². The van der Waals surface area contributed by atoms with Crippen LogP contribution in [0.3, 0.4) is 0 Å². The second-order valence-corrected chi connectivity index (χ2v) is 5.10. The van der Waals surface area contributed by atoms with E-state index >= 15 is 0 Å². The third-order valence-electron chi connectivity index (χ3n) is 3.56. The lowest BCUT2D eigenvalue weighted by Gasteiger charge is -2.32. The van der Waals surface area contributed by atoms with Crippen molar-refractivity contribution in [3.63, 3.8) is 0 Å². The monoisotopic (exact) mass is 279 g/mol. The molecule has 0 radical (unpaired) electrons. The Morgan fingerprint density at radius 2 is 2.35 bits per heavy atom. The molecule has 2 N–H and O–H groups in total. The van der Waals surface area contributed by atoms with E-state index in [0.29, 0.717) is 6.54 Å². The molecule has 0 spiro atoms. The molecule has 110 valence electrons. The highest BCUT2D eigenvalue weighted by molar-refractivity contribution is 5.59. The first kappa shape index (κ1) is 14.7. The van der Waals surface area contributed by atoms with Gasteiger partial charge in [0.25, 0.3) is 5.69 Å². The Kier molecular flexibility index (Phi) is 4.92. The lowest BCUT2D eigenvalue weighted by Crippen LogP contribution is -2.39. The van der Waals surface area contributed by atoms with Crippen LogP contribution in [0, 0.1) is 10.1 Å². The van der Waals surface area contributed by atoms with E-state index in [9.17, 15) is 10.1 Å². The highest BCUT2D eigenvalue weighted by Crippen LogP contribution is 2.24. The maximum Gasteiger partial charge on any atom is 0.292 e. The summed E-state index contributed by atoms with van der Waals surface area (Å²) in [5.41, 5.74) is 6.73. The van der Waals surface area contributed by atoms with E-state index in [1.165, 1.54) is 0 Å². The molecule has 1 aliphatic heterocycles. The molecule has 0 amide bonds. The number of anilines is 1. The largest absolute Gasteiger partial charge is 0.393 e. The zero-order valence-corrected chi connectivity index (χ0v) is 11.7. The van der Waals surface area contributed by atoms with Gasteiger partial charge in [-0.3, -0.25) is 15.0 Å². The van der Waals surface area contributed by atoms with Gasteiger partial charge in [-0.2, -0.15) is 0 Å². The predicted molar refractivity (Wildman–Crippen MR) is 77.4 cm³/mol. The van der Waals surface area contributed by atoms with E-state index in [0.717, 1.165) is 38.1 Å². The molecule has 1 fully saturated rings. The molecule has 6 nitrogen and oxygen atoms in total. The summed E-state index contributed by atoms with van der Waals surface area (Å²) in [5.74, 6) is 0. The summed E-state index contributed by atoms with van der Waals surface area (Å²) >= 11 is 0. The second kappa shape index (κ2) is 6.67. The summed E-state index contributed by atoms with van der Waals surface area (Å²) in [6.07, 6.45) is 2.46. The highest BCUT2D eigenvalue weighted by Gasteiger charge is 2.21. The fourth-order valence-corrected chi connectivity index (χ4v) is 2.63. The Hall–Kier alpha value is -1.66. The quantitative estimate of drug-likeness (QED) is 0.507. The maximum absolute atomic E-state index is 10.9. The average Bonchev–Trinajstić information content (AvgIpc) is 2.41. The smallest absolute Gasteiger partial charge is 0.292 e. The number of piperidine rings is 1. The number of nitrogen functional groups attached to an aromatic ring is 1. The summed E-state index contributed by atoms with van der Waals surface area (Å²) in [5, 5.41) is 10.9. The molecule has 1 unspecified atom stereocenters. The van der Waals surface area contributed by atoms with Crippen LogP contribution in [-0.4, -0.2) is 35.6 Å². The van der Waals surface area contributed by atoms with E-state index in [4.69, 9.17) is 10.5 Å². The van der Waals surface area contributed by atoms with Gasteiger partial charge in [-0.25, -0.2) is 0 Å². The summed E-state index contributed by atoms with van der Waals surface area (Å²) in [6, 6.07) is 5.03.